The number of nitriles is 1. The third-order valence-corrected chi connectivity index (χ3v) is 4.27. The Bertz CT molecular complexity index is 574. The van der Waals surface area contributed by atoms with Gasteiger partial charge in [0.15, 0.2) is 5.78 Å². The lowest BCUT2D eigenvalue weighted by molar-refractivity contribution is 0.0176. The molecule has 0 radical (unpaired) electrons. The van der Waals surface area contributed by atoms with Gasteiger partial charge in [0.1, 0.15) is 6.07 Å². The maximum Gasteiger partial charge on any atom is 0.159 e. The molecule has 1 aliphatic rings. The van der Waals surface area contributed by atoms with Gasteiger partial charge in [0, 0.05) is 30.7 Å². The van der Waals surface area contributed by atoms with E-state index in [9.17, 15) is 10.1 Å². The second kappa shape index (κ2) is 7.39. The van der Waals surface area contributed by atoms with E-state index in [0.717, 1.165) is 32.0 Å². The summed E-state index contributed by atoms with van der Waals surface area (Å²) in [6.45, 7) is 9.18. The van der Waals surface area contributed by atoms with E-state index in [-0.39, 0.29) is 11.8 Å². The predicted molar refractivity (Wildman–Crippen MR) is 86.1 cm³/mol. The number of hydrogen-bond donors (Lipinski definition) is 1. The van der Waals surface area contributed by atoms with E-state index in [4.69, 9.17) is 4.74 Å². The molecule has 2 atom stereocenters. The van der Waals surface area contributed by atoms with Crippen molar-refractivity contribution in [2.45, 2.75) is 32.9 Å². The van der Waals surface area contributed by atoms with Crippen molar-refractivity contribution in [2.24, 2.45) is 0 Å². The molecule has 5 heteroatoms. The zero-order valence-electron chi connectivity index (χ0n) is 13.4. The van der Waals surface area contributed by atoms with E-state index in [2.05, 4.69) is 30.1 Å². The van der Waals surface area contributed by atoms with Gasteiger partial charge >= 0.3 is 0 Å². The average molecular weight is 301 g/mol. The Balaban J connectivity index is 2.12. The summed E-state index contributed by atoms with van der Waals surface area (Å²) >= 11 is 0. The van der Waals surface area contributed by atoms with Gasteiger partial charge in [-0.15, -0.1) is 0 Å². The fourth-order valence-electron chi connectivity index (χ4n) is 2.65. The Hall–Kier alpha value is -1.90. The molecule has 22 heavy (non-hydrogen) atoms. The normalized spacial score (nSPS) is 18.3. The number of anilines is 1. The van der Waals surface area contributed by atoms with E-state index in [1.807, 2.05) is 0 Å². The predicted octanol–water partition coefficient (Wildman–Crippen LogP) is 2.28. The fourth-order valence-corrected chi connectivity index (χ4v) is 2.65. The highest BCUT2D eigenvalue weighted by Gasteiger charge is 2.22. The van der Waals surface area contributed by atoms with Crippen LogP contribution in [0, 0.1) is 11.3 Å². The quantitative estimate of drug-likeness (QED) is 0.845. The van der Waals surface area contributed by atoms with Crippen LogP contribution in [0.5, 0.6) is 0 Å². The molecule has 0 amide bonds. The molecule has 0 saturated carbocycles. The first kappa shape index (κ1) is 16.5. The number of ether oxygens (including phenoxy) is 1. The van der Waals surface area contributed by atoms with E-state index in [0.29, 0.717) is 17.2 Å². The minimum atomic E-state index is 0.00132. The fraction of sp³-hybridized carbons (Fsp3) is 0.529. The maximum absolute atomic E-state index is 11.5. The number of Topliss-reactive ketones (excluding diaryl/α,β-unsaturated/α-hetero) is 1. The minimum Gasteiger partial charge on any atom is -0.380 e. The van der Waals surface area contributed by atoms with Gasteiger partial charge in [-0.1, -0.05) is 0 Å². The average Bonchev–Trinajstić information content (AvgIpc) is 2.54. The zero-order chi connectivity index (χ0) is 16.1. The molecule has 1 saturated heterocycles. The zero-order valence-corrected chi connectivity index (χ0v) is 13.4. The molecular weight excluding hydrogens is 278 g/mol. The molecule has 118 valence electrons. The minimum absolute atomic E-state index is 0.00132. The first-order chi connectivity index (χ1) is 10.5. The first-order valence-corrected chi connectivity index (χ1v) is 7.66. The van der Waals surface area contributed by atoms with Crippen LogP contribution in [0.2, 0.25) is 0 Å². The van der Waals surface area contributed by atoms with E-state index >= 15 is 0 Å². The summed E-state index contributed by atoms with van der Waals surface area (Å²) in [5.41, 5.74) is 1.90. The monoisotopic (exact) mass is 301 g/mol. The molecule has 1 fully saturated rings. The Kier molecular flexibility index (Phi) is 5.53. The Morgan fingerprint density at radius 1 is 1.36 bits per heavy atom. The summed E-state index contributed by atoms with van der Waals surface area (Å²) in [4.78, 5) is 13.9. The highest BCUT2D eigenvalue weighted by Crippen LogP contribution is 2.20. The van der Waals surface area contributed by atoms with Crippen LogP contribution in [0.4, 0.5) is 5.69 Å². The molecule has 0 aromatic heterocycles. The molecule has 0 spiro atoms. The van der Waals surface area contributed by atoms with Gasteiger partial charge in [-0.3, -0.25) is 9.69 Å². The Morgan fingerprint density at radius 3 is 2.64 bits per heavy atom. The third-order valence-electron chi connectivity index (χ3n) is 4.27. The molecule has 5 nitrogen and oxygen atoms in total. The lowest BCUT2D eigenvalue weighted by atomic mass is 10.0. The topological polar surface area (TPSA) is 65.4 Å². The summed E-state index contributed by atoms with van der Waals surface area (Å²) in [5.74, 6) is 0.00132. The number of benzene rings is 1. The van der Waals surface area contributed by atoms with Crippen LogP contribution in [-0.2, 0) is 4.74 Å². The lowest BCUT2D eigenvalue weighted by Crippen LogP contribution is -2.48. The van der Waals surface area contributed by atoms with Gasteiger partial charge in [-0.25, -0.2) is 0 Å². The molecule has 1 aliphatic heterocycles. The standard InChI is InChI=1S/C17H23N3O2/c1-12(13(2)20-6-8-22-9-7-20)19-17-10-15(14(3)21)4-5-16(17)11-18/h4-5,10,12-13,19H,6-9H2,1-3H3. The van der Waals surface area contributed by atoms with Crippen LogP contribution in [0.15, 0.2) is 18.2 Å². The number of nitrogens with one attached hydrogen (secondary N) is 1. The van der Waals surface area contributed by atoms with Gasteiger partial charge in [0.05, 0.1) is 24.5 Å². The van der Waals surface area contributed by atoms with Crippen molar-refractivity contribution >= 4 is 11.5 Å². The van der Waals surface area contributed by atoms with Crippen molar-refractivity contribution < 1.29 is 9.53 Å². The molecule has 1 N–H and O–H groups in total. The number of hydrogen-bond acceptors (Lipinski definition) is 5. The van der Waals surface area contributed by atoms with Gasteiger partial charge in [-0.2, -0.15) is 5.26 Å². The van der Waals surface area contributed by atoms with Crippen LogP contribution in [-0.4, -0.2) is 49.1 Å². The summed E-state index contributed by atoms with van der Waals surface area (Å²) in [6.07, 6.45) is 0. The van der Waals surface area contributed by atoms with E-state index in [1.54, 1.807) is 18.2 Å². The number of rotatable bonds is 5. The molecule has 0 aliphatic carbocycles. The highest BCUT2D eigenvalue weighted by molar-refractivity contribution is 5.95. The summed E-state index contributed by atoms with van der Waals surface area (Å²) in [7, 11) is 0. The van der Waals surface area contributed by atoms with Gasteiger partial charge in [0.2, 0.25) is 0 Å². The van der Waals surface area contributed by atoms with Crippen molar-refractivity contribution in [2.75, 3.05) is 31.6 Å². The molecule has 1 aromatic carbocycles. The van der Waals surface area contributed by atoms with E-state index < -0.39 is 0 Å². The number of carbonyl (C=O) groups is 1. The maximum atomic E-state index is 11.5. The van der Waals surface area contributed by atoms with Gasteiger partial charge in [-0.05, 0) is 39.0 Å². The van der Waals surface area contributed by atoms with Crippen molar-refractivity contribution in [3.63, 3.8) is 0 Å². The summed E-state index contributed by atoms with van der Waals surface area (Å²) in [5, 5.41) is 12.6. The Morgan fingerprint density at radius 2 is 2.05 bits per heavy atom. The van der Waals surface area contributed by atoms with Crippen molar-refractivity contribution in [1.82, 2.24) is 4.90 Å². The SMILES string of the molecule is CC(=O)c1ccc(C#N)c(NC(C)C(C)N2CCOCC2)c1. The second-order valence-corrected chi connectivity index (χ2v) is 5.75. The number of nitrogens with zero attached hydrogens (tertiary/aromatic N) is 2. The smallest absolute Gasteiger partial charge is 0.159 e. The molecule has 1 heterocycles. The van der Waals surface area contributed by atoms with Crippen LogP contribution < -0.4 is 5.32 Å². The van der Waals surface area contributed by atoms with Crippen LogP contribution >= 0.6 is 0 Å². The highest BCUT2D eigenvalue weighted by atomic mass is 16.5. The summed E-state index contributed by atoms with van der Waals surface area (Å²) in [6, 6.07) is 7.82. The van der Waals surface area contributed by atoms with E-state index in [1.165, 1.54) is 6.92 Å². The van der Waals surface area contributed by atoms with Crippen molar-refractivity contribution in [3.8, 4) is 6.07 Å². The van der Waals surface area contributed by atoms with Crippen molar-refractivity contribution in [1.29, 1.82) is 5.26 Å². The van der Waals surface area contributed by atoms with Gasteiger partial charge in [0.25, 0.3) is 0 Å². The first-order valence-electron chi connectivity index (χ1n) is 7.66. The Labute approximate surface area is 131 Å². The lowest BCUT2D eigenvalue weighted by Gasteiger charge is -2.36. The van der Waals surface area contributed by atoms with Crippen LogP contribution in [0.1, 0.15) is 36.7 Å². The molecule has 2 rings (SSSR count). The van der Waals surface area contributed by atoms with Crippen LogP contribution in [0.3, 0.4) is 0 Å². The molecule has 2 unspecified atom stereocenters. The second-order valence-electron chi connectivity index (χ2n) is 5.75. The van der Waals surface area contributed by atoms with Gasteiger partial charge < -0.3 is 10.1 Å². The molecule has 0 bridgehead atoms. The summed E-state index contributed by atoms with van der Waals surface area (Å²) < 4.78 is 5.38. The largest absolute Gasteiger partial charge is 0.380 e. The number of morpholine rings is 1. The number of carbonyl (C=O) groups excluding carboxylic acids is 1. The molecule has 1 aromatic rings. The number of ketones is 1. The molecular formula is C17H23N3O2. The van der Waals surface area contributed by atoms with Crippen LogP contribution in [0.25, 0.3) is 0 Å². The van der Waals surface area contributed by atoms with Crippen molar-refractivity contribution in [3.05, 3.63) is 29.3 Å². The third kappa shape index (κ3) is 3.85.